The molecule has 0 radical (unpaired) electrons. The van der Waals surface area contributed by atoms with E-state index in [1.165, 1.54) is 0 Å². The summed E-state index contributed by atoms with van der Waals surface area (Å²) < 4.78 is 33.0. The maximum Gasteiger partial charge on any atom is 0.261 e. The fourth-order valence-corrected chi connectivity index (χ4v) is 2.50. The number of rotatable bonds is 8. The largest absolute Gasteiger partial charge is 0.374 e. The summed E-state index contributed by atoms with van der Waals surface area (Å²) in [5.41, 5.74) is 2.59. The predicted octanol–water partition coefficient (Wildman–Crippen LogP) is 2.62. The van der Waals surface area contributed by atoms with E-state index in [4.69, 9.17) is 16.3 Å². The summed E-state index contributed by atoms with van der Waals surface area (Å²) in [7, 11) is 0. The molecule has 0 aliphatic heterocycles. The Bertz CT molecular complexity index is 597. The third-order valence-electron chi connectivity index (χ3n) is 3.20. The van der Waals surface area contributed by atoms with Gasteiger partial charge in [-0.1, -0.05) is 0 Å². The summed E-state index contributed by atoms with van der Waals surface area (Å²) >= 11 is 5.81. The van der Waals surface area contributed by atoms with Gasteiger partial charge in [0.2, 0.25) is 0 Å². The number of hydrogen-bond donors (Lipinski definition) is 0. The van der Waals surface area contributed by atoms with Crippen LogP contribution in [0.25, 0.3) is 11.2 Å². The molecule has 0 spiro atoms. The van der Waals surface area contributed by atoms with E-state index in [1.54, 1.807) is 0 Å². The molecule has 0 N–H and O–H groups in total. The molecule has 2 aromatic rings. The molecule has 0 saturated heterocycles. The molecule has 2 rings (SSSR count). The van der Waals surface area contributed by atoms with E-state index >= 15 is 0 Å². The van der Waals surface area contributed by atoms with Crippen LogP contribution in [0.4, 0.5) is 8.78 Å². The van der Waals surface area contributed by atoms with Crippen molar-refractivity contribution in [3.05, 3.63) is 11.5 Å². The van der Waals surface area contributed by atoms with Gasteiger partial charge >= 0.3 is 0 Å². The Morgan fingerprint density at radius 2 is 2.14 bits per heavy atom. The van der Waals surface area contributed by atoms with Crippen LogP contribution in [0.1, 0.15) is 18.4 Å². The van der Waals surface area contributed by atoms with E-state index in [9.17, 15) is 8.78 Å². The molecule has 0 fully saturated rings. The average Bonchev–Trinajstić information content (AvgIpc) is 2.94. The molecule has 0 aliphatic carbocycles. The number of fused-ring (bicyclic) bond motifs is 1. The highest BCUT2D eigenvalue weighted by molar-refractivity contribution is 6.17. The summed E-state index contributed by atoms with van der Waals surface area (Å²) in [5.74, 6) is 1.29. The third kappa shape index (κ3) is 3.52. The molecule has 2 aromatic heterocycles. The van der Waals surface area contributed by atoms with Gasteiger partial charge in [-0.2, -0.15) is 5.10 Å². The first-order valence-electron chi connectivity index (χ1n) is 6.92. The van der Waals surface area contributed by atoms with E-state index in [-0.39, 0.29) is 6.61 Å². The zero-order valence-corrected chi connectivity index (χ0v) is 12.9. The quantitative estimate of drug-likeness (QED) is 0.555. The highest BCUT2D eigenvalue weighted by Crippen LogP contribution is 2.20. The van der Waals surface area contributed by atoms with Crippen molar-refractivity contribution < 1.29 is 13.5 Å². The Morgan fingerprint density at radius 3 is 2.76 bits per heavy atom. The van der Waals surface area contributed by atoms with Gasteiger partial charge in [-0.25, -0.2) is 18.4 Å². The molecule has 0 aliphatic rings. The van der Waals surface area contributed by atoms with Crippen LogP contribution in [-0.2, 0) is 24.2 Å². The molecule has 0 amide bonds. The Kier molecular flexibility index (Phi) is 5.52. The van der Waals surface area contributed by atoms with Crippen molar-refractivity contribution in [1.29, 1.82) is 0 Å². The first-order chi connectivity index (χ1) is 10.1. The smallest absolute Gasteiger partial charge is 0.261 e. The molecule has 118 valence electrons. The van der Waals surface area contributed by atoms with E-state index in [1.807, 2.05) is 23.1 Å². The molecule has 0 aromatic carbocycles. The molecule has 0 unspecified atom stereocenters. The first-order valence-corrected chi connectivity index (χ1v) is 7.46. The van der Waals surface area contributed by atoms with Crippen molar-refractivity contribution in [3.63, 3.8) is 0 Å². The molecular weight excluding hydrogens is 302 g/mol. The minimum atomic E-state index is -2.45. The number of ether oxygens (including phenoxy) is 1. The Labute approximate surface area is 126 Å². The van der Waals surface area contributed by atoms with Gasteiger partial charge in [0.15, 0.2) is 5.65 Å². The zero-order valence-electron chi connectivity index (χ0n) is 12.2. The second-order valence-corrected chi connectivity index (χ2v) is 5.04. The minimum Gasteiger partial charge on any atom is -0.374 e. The zero-order chi connectivity index (χ0) is 15.4. The van der Waals surface area contributed by atoms with Gasteiger partial charge in [0, 0.05) is 25.4 Å². The number of aromatic nitrogens is 4. The number of imidazole rings is 1. The van der Waals surface area contributed by atoms with Crippen LogP contribution in [0.5, 0.6) is 0 Å². The lowest BCUT2D eigenvalue weighted by molar-refractivity contribution is 0.0148. The second kappa shape index (κ2) is 7.17. The summed E-state index contributed by atoms with van der Waals surface area (Å²) in [6.07, 6.45) is -1.83. The van der Waals surface area contributed by atoms with Crippen molar-refractivity contribution in [2.24, 2.45) is 0 Å². The maximum absolute atomic E-state index is 12.1. The van der Waals surface area contributed by atoms with E-state index < -0.39 is 13.0 Å². The second-order valence-electron chi connectivity index (χ2n) is 4.66. The van der Waals surface area contributed by atoms with Gasteiger partial charge < -0.3 is 9.30 Å². The number of hydrogen-bond acceptors (Lipinski definition) is 3. The normalized spacial score (nSPS) is 11.9. The first kappa shape index (κ1) is 16.2. The van der Waals surface area contributed by atoms with Crippen LogP contribution in [0, 0.1) is 6.92 Å². The lowest BCUT2D eigenvalue weighted by atomic mass is 10.4. The van der Waals surface area contributed by atoms with Gasteiger partial charge in [0.1, 0.15) is 17.9 Å². The fraction of sp³-hybridized carbons (Fsp3) is 0.692. The van der Waals surface area contributed by atoms with Crippen molar-refractivity contribution in [3.8, 4) is 0 Å². The number of halogens is 3. The van der Waals surface area contributed by atoms with Crippen molar-refractivity contribution in [1.82, 2.24) is 19.3 Å². The SMILES string of the molecule is CCn1nc(C)c2nc(CCCl)n(CCOCC(F)F)c21. The van der Waals surface area contributed by atoms with Crippen LogP contribution < -0.4 is 0 Å². The average molecular weight is 321 g/mol. The Morgan fingerprint density at radius 1 is 1.38 bits per heavy atom. The predicted molar refractivity (Wildman–Crippen MR) is 77.2 cm³/mol. The van der Waals surface area contributed by atoms with Crippen LogP contribution >= 0.6 is 11.6 Å². The molecule has 21 heavy (non-hydrogen) atoms. The van der Waals surface area contributed by atoms with Crippen LogP contribution in [0.3, 0.4) is 0 Å². The van der Waals surface area contributed by atoms with Gasteiger partial charge in [-0.3, -0.25) is 0 Å². The molecule has 0 saturated carbocycles. The summed E-state index contributed by atoms with van der Waals surface area (Å²) in [6, 6.07) is 0. The molecule has 2 heterocycles. The van der Waals surface area contributed by atoms with Crippen LogP contribution in [-0.4, -0.2) is 44.9 Å². The number of alkyl halides is 3. The van der Waals surface area contributed by atoms with Gasteiger partial charge in [-0.15, -0.1) is 11.6 Å². The molecule has 8 heteroatoms. The topological polar surface area (TPSA) is 44.9 Å². The van der Waals surface area contributed by atoms with Crippen molar-refractivity contribution in [2.45, 2.75) is 39.8 Å². The Balaban J connectivity index is 2.26. The molecule has 5 nitrogen and oxygen atoms in total. The van der Waals surface area contributed by atoms with Crippen LogP contribution in [0.2, 0.25) is 0 Å². The number of aryl methyl sites for hydroxylation is 3. The highest BCUT2D eigenvalue weighted by atomic mass is 35.5. The third-order valence-corrected chi connectivity index (χ3v) is 3.39. The van der Waals surface area contributed by atoms with Gasteiger partial charge in [0.05, 0.1) is 12.3 Å². The summed E-state index contributed by atoms with van der Waals surface area (Å²) in [5, 5.41) is 4.43. The van der Waals surface area contributed by atoms with Crippen molar-refractivity contribution >= 4 is 22.8 Å². The van der Waals surface area contributed by atoms with Gasteiger partial charge in [-0.05, 0) is 13.8 Å². The maximum atomic E-state index is 12.1. The highest BCUT2D eigenvalue weighted by Gasteiger charge is 2.17. The number of nitrogens with zero attached hydrogens (tertiary/aromatic N) is 4. The summed E-state index contributed by atoms with van der Waals surface area (Å²) in [4.78, 5) is 4.58. The van der Waals surface area contributed by atoms with E-state index in [0.717, 1.165) is 22.7 Å². The van der Waals surface area contributed by atoms with E-state index in [2.05, 4.69) is 10.1 Å². The Hall–Kier alpha value is -1.21. The molecular formula is C13H19ClF2N4O. The lowest BCUT2D eigenvalue weighted by Crippen LogP contribution is -2.15. The minimum absolute atomic E-state index is 0.207. The molecule has 0 bridgehead atoms. The molecule has 0 atom stereocenters. The van der Waals surface area contributed by atoms with Crippen molar-refractivity contribution in [2.75, 3.05) is 19.1 Å². The van der Waals surface area contributed by atoms with E-state index in [0.29, 0.717) is 25.4 Å². The van der Waals surface area contributed by atoms with Crippen LogP contribution in [0.15, 0.2) is 0 Å². The monoisotopic (exact) mass is 320 g/mol. The summed E-state index contributed by atoms with van der Waals surface area (Å²) in [6.45, 7) is 4.74. The lowest BCUT2D eigenvalue weighted by Gasteiger charge is -2.10. The van der Waals surface area contributed by atoms with Gasteiger partial charge in [0.25, 0.3) is 6.43 Å². The fourth-order valence-electron chi connectivity index (χ4n) is 2.33. The standard InChI is InChI=1S/C13H19ClF2N4O/c1-3-20-13-12(9(2)18-20)17-11(4-5-14)19(13)6-7-21-8-10(15)16/h10H,3-8H2,1-2H3.